The van der Waals surface area contributed by atoms with Gasteiger partial charge in [0.05, 0.1) is 10.0 Å². The van der Waals surface area contributed by atoms with Crippen LogP contribution in [0.1, 0.15) is 16.0 Å². The number of ether oxygens (including phenoxy) is 1. The zero-order chi connectivity index (χ0) is 18.5. The van der Waals surface area contributed by atoms with Crippen molar-refractivity contribution in [1.82, 2.24) is 4.98 Å². The number of carbonyl (C=O) groups excluding carboxylic acids is 1. The number of carbonyl (C=O) groups is 1. The van der Waals surface area contributed by atoms with E-state index in [0.717, 1.165) is 16.0 Å². The number of thiazole rings is 1. The quantitative estimate of drug-likeness (QED) is 0.598. The van der Waals surface area contributed by atoms with Gasteiger partial charge < -0.3 is 4.74 Å². The van der Waals surface area contributed by atoms with Crippen LogP contribution in [0.25, 0.3) is 0 Å². The molecule has 1 aromatic heterocycles. The van der Waals surface area contributed by atoms with E-state index in [4.69, 9.17) is 27.9 Å². The maximum absolute atomic E-state index is 12.0. The molecule has 2 aromatic carbocycles. The van der Waals surface area contributed by atoms with Crippen molar-refractivity contribution in [2.75, 3.05) is 11.9 Å². The molecule has 0 bridgehead atoms. The highest BCUT2D eigenvalue weighted by Gasteiger charge is 2.09. The second kappa shape index (κ2) is 8.54. The summed E-state index contributed by atoms with van der Waals surface area (Å²) in [5.41, 5.74) is 2.17. The van der Waals surface area contributed by atoms with E-state index in [1.807, 2.05) is 43.3 Å². The Morgan fingerprint density at radius 2 is 1.92 bits per heavy atom. The largest absolute Gasteiger partial charge is 0.484 e. The predicted molar refractivity (Wildman–Crippen MR) is 107 cm³/mol. The van der Waals surface area contributed by atoms with E-state index in [9.17, 15) is 4.79 Å². The summed E-state index contributed by atoms with van der Waals surface area (Å²) in [5, 5.41) is 4.34. The van der Waals surface area contributed by atoms with E-state index in [0.29, 0.717) is 27.3 Å². The zero-order valence-corrected chi connectivity index (χ0v) is 16.3. The van der Waals surface area contributed by atoms with Crippen LogP contribution in [0.5, 0.6) is 5.75 Å². The Morgan fingerprint density at radius 3 is 2.65 bits per heavy atom. The second-order valence-electron chi connectivity index (χ2n) is 5.71. The average Bonchev–Trinajstić information content (AvgIpc) is 3.04. The van der Waals surface area contributed by atoms with Crippen LogP contribution in [0.15, 0.2) is 48.7 Å². The predicted octanol–water partition coefficient (Wildman–Crippen LogP) is 5.37. The van der Waals surface area contributed by atoms with E-state index >= 15 is 0 Å². The third-order valence-electron chi connectivity index (χ3n) is 3.55. The molecule has 26 heavy (non-hydrogen) atoms. The number of hydrogen-bond donors (Lipinski definition) is 1. The van der Waals surface area contributed by atoms with Gasteiger partial charge in [-0.15, -0.1) is 11.3 Å². The number of nitrogens with zero attached hydrogens (tertiary/aromatic N) is 1. The molecule has 1 amide bonds. The molecule has 1 N–H and O–H groups in total. The van der Waals surface area contributed by atoms with Gasteiger partial charge >= 0.3 is 0 Å². The van der Waals surface area contributed by atoms with Gasteiger partial charge in [0.2, 0.25) is 0 Å². The van der Waals surface area contributed by atoms with Gasteiger partial charge in [0.25, 0.3) is 5.91 Å². The Labute approximate surface area is 165 Å². The smallest absolute Gasteiger partial charge is 0.264 e. The lowest BCUT2D eigenvalue weighted by molar-refractivity contribution is -0.118. The number of anilines is 1. The van der Waals surface area contributed by atoms with Crippen molar-refractivity contribution in [3.63, 3.8) is 0 Å². The van der Waals surface area contributed by atoms with Crippen LogP contribution in [0.3, 0.4) is 0 Å². The lowest BCUT2D eigenvalue weighted by Crippen LogP contribution is -2.19. The number of aryl methyl sites for hydroxylation is 1. The Kier molecular flexibility index (Phi) is 6.14. The highest BCUT2D eigenvalue weighted by Crippen LogP contribution is 2.26. The van der Waals surface area contributed by atoms with Crippen molar-refractivity contribution >= 4 is 45.6 Å². The first kappa shape index (κ1) is 18.7. The maximum Gasteiger partial charge on any atom is 0.264 e. The molecule has 0 aliphatic carbocycles. The fourth-order valence-corrected chi connectivity index (χ4v) is 3.42. The standard InChI is InChI=1S/C19H16Cl2N2O2S/c1-12-2-5-14(6-3-12)25-11-18(24)23-19-22-10-15(26-19)8-13-4-7-16(20)17(21)9-13/h2-7,9-10H,8,11H2,1H3,(H,22,23,24). The van der Waals surface area contributed by atoms with Crippen LogP contribution in [0.4, 0.5) is 5.13 Å². The number of rotatable bonds is 6. The summed E-state index contributed by atoms with van der Waals surface area (Å²) in [6.07, 6.45) is 2.41. The van der Waals surface area contributed by atoms with Crippen LogP contribution in [-0.2, 0) is 11.2 Å². The summed E-state index contributed by atoms with van der Waals surface area (Å²) in [5.74, 6) is 0.409. The van der Waals surface area contributed by atoms with Crippen molar-refractivity contribution < 1.29 is 9.53 Å². The molecule has 0 atom stereocenters. The number of benzene rings is 2. The van der Waals surface area contributed by atoms with Gasteiger partial charge in [0.1, 0.15) is 5.75 Å². The molecule has 0 radical (unpaired) electrons. The third-order valence-corrected chi connectivity index (χ3v) is 5.20. The third kappa shape index (κ3) is 5.21. The van der Waals surface area contributed by atoms with Crippen LogP contribution < -0.4 is 10.1 Å². The summed E-state index contributed by atoms with van der Waals surface area (Å²) in [7, 11) is 0. The molecule has 3 aromatic rings. The number of amides is 1. The summed E-state index contributed by atoms with van der Waals surface area (Å²) in [6, 6.07) is 13.1. The average molecular weight is 407 g/mol. The van der Waals surface area contributed by atoms with Crippen LogP contribution in [0, 0.1) is 6.92 Å². The van der Waals surface area contributed by atoms with Crippen molar-refractivity contribution in [1.29, 1.82) is 0 Å². The normalized spacial score (nSPS) is 10.6. The van der Waals surface area contributed by atoms with Crippen molar-refractivity contribution in [2.45, 2.75) is 13.3 Å². The fourth-order valence-electron chi connectivity index (χ4n) is 2.24. The highest BCUT2D eigenvalue weighted by molar-refractivity contribution is 7.15. The summed E-state index contributed by atoms with van der Waals surface area (Å²) in [6.45, 7) is 1.93. The summed E-state index contributed by atoms with van der Waals surface area (Å²) < 4.78 is 5.46. The summed E-state index contributed by atoms with van der Waals surface area (Å²) >= 11 is 13.4. The molecule has 3 rings (SSSR count). The van der Waals surface area contributed by atoms with E-state index < -0.39 is 0 Å². The minimum absolute atomic E-state index is 0.0647. The Bertz CT molecular complexity index is 910. The Morgan fingerprint density at radius 1 is 1.15 bits per heavy atom. The van der Waals surface area contributed by atoms with Gasteiger partial charge in [-0.05, 0) is 36.8 Å². The minimum atomic E-state index is -0.249. The highest BCUT2D eigenvalue weighted by atomic mass is 35.5. The fraction of sp³-hybridized carbons (Fsp3) is 0.158. The lowest BCUT2D eigenvalue weighted by atomic mass is 10.1. The van der Waals surface area contributed by atoms with E-state index in [2.05, 4.69) is 10.3 Å². The van der Waals surface area contributed by atoms with E-state index in [-0.39, 0.29) is 12.5 Å². The SMILES string of the molecule is Cc1ccc(OCC(=O)Nc2ncc(Cc3ccc(Cl)c(Cl)c3)s2)cc1. The van der Waals surface area contributed by atoms with Gasteiger partial charge in [-0.2, -0.15) is 0 Å². The van der Waals surface area contributed by atoms with Gasteiger partial charge in [-0.25, -0.2) is 4.98 Å². The molecule has 4 nitrogen and oxygen atoms in total. The van der Waals surface area contributed by atoms with Gasteiger partial charge in [-0.3, -0.25) is 10.1 Å². The molecule has 0 saturated carbocycles. The van der Waals surface area contributed by atoms with Crippen molar-refractivity contribution in [3.8, 4) is 5.75 Å². The molecule has 0 spiro atoms. The zero-order valence-electron chi connectivity index (χ0n) is 14.0. The molecule has 1 heterocycles. The number of hydrogen-bond acceptors (Lipinski definition) is 4. The van der Waals surface area contributed by atoms with Gasteiger partial charge in [0, 0.05) is 17.5 Å². The molecule has 7 heteroatoms. The summed E-state index contributed by atoms with van der Waals surface area (Å²) in [4.78, 5) is 17.2. The van der Waals surface area contributed by atoms with Crippen molar-refractivity contribution in [2.24, 2.45) is 0 Å². The molecular weight excluding hydrogens is 391 g/mol. The number of aromatic nitrogens is 1. The first-order valence-corrected chi connectivity index (χ1v) is 9.45. The molecule has 0 aliphatic heterocycles. The minimum Gasteiger partial charge on any atom is -0.484 e. The second-order valence-corrected chi connectivity index (χ2v) is 7.64. The molecule has 0 unspecified atom stereocenters. The van der Waals surface area contributed by atoms with E-state index in [1.165, 1.54) is 11.3 Å². The maximum atomic E-state index is 12.0. The molecule has 0 fully saturated rings. The Balaban J connectivity index is 1.53. The molecular formula is C19H16Cl2N2O2S. The Hall–Kier alpha value is -2.08. The first-order valence-electron chi connectivity index (χ1n) is 7.87. The molecule has 134 valence electrons. The van der Waals surface area contributed by atoms with Crippen LogP contribution >= 0.6 is 34.5 Å². The van der Waals surface area contributed by atoms with Crippen molar-refractivity contribution in [3.05, 3.63) is 74.7 Å². The number of nitrogens with one attached hydrogen (secondary N) is 1. The first-order chi connectivity index (χ1) is 12.5. The topological polar surface area (TPSA) is 51.2 Å². The van der Waals surface area contributed by atoms with Crippen LogP contribution in [-0.4, -0.2) is 17.5 Å². The molecule has 0 aliphatic rings. The monoisotopic (exact) mass is 406 g/mol. The van der Waals surface area contributed by atoms with Gasteiger partial charge in [-0.1, -0.05) is 47.0 Å². The van der Waals surface area contributed by atoms with Gasteiger partial charge in [0.15, 0.2) is 11.7 Å². The number of halogens is 2. The molecule has 0 saturated heterocycles. The lowest BCUT2D eigenvalue weighted by Gasteiger charge is -2.05. The van der Waals surface area contributed by atoms with Crippen LogP contribution in [0.2, 0.25) is 10.0 Å². The van der Waals surface area contributed by atoms with E-state index in [1.54, 1.807) is 12.3 Å².